The summed E-state index contributed by atoms with van der Waals surface area (Å²) < 4.78 is 9.31. The third kappa shape index (κ3) is 0.682. The molecule has 4 atom stereocenters. The Hall–Kier alpha value is -1.98. The molecule has 0 aromatic rings. The van der Waals surface area contributed by atoms with Crippen LogP contribution >= 0.6 is 0 Å². The molecule has 3 fully saturated rings. The first kappa shape index (κ1) is 9.99. The molecule has 0 N–H and O–H groups in total. The van der Waals surface area contributed by atoms with Crippen molar-refractivity contribution in [1.29, 1.82) is 0 Å². The van der Waals surface area contributed by atoms with Crippen molar-refractivity contribution < 1.29 is 28.7 Å². The van der Waals surface area contributed by atoms with E-state index in [0.717, 1.165) is 0 Å². The molecule has 0 amide bonds. The minimum absolute atomic E-state index is 0.232. The normalized spacial score (nSPS) is 48.0. The Balaban J connectivity index is 2.10. The lowest BCUT2D eigenvalue weighted by atomic mass is 9.47. The summed E-state index contributed by atoms with van der Waals surface area (Å²) in [5, 5.41) is 0. The van der Waals surface area contributed by atoms with Crippen LogP contribution in [0.25, 0.3) is 0 Å². The van der Waals surface area contributed by atoms with Gasteiger partial charge in [-0.2, -0.15) is 0 Å². The van der Waals surface area contributed by atoms with E-state index in [2.05, 4.69) is 9.47 Å². The number of allylic oxidation sites excluding steroid dienone is 1. The van der Waals surface area contributed by atoms with Gasteiger partial charge in [-0.3, -0.25) is 19.2 Å². The van der Waals surface area contributed by atoms with Gasteiger partial charge in [-0.15, -0.1) is 0 Å². The van der Waals surface area contributed by atoms with E-state index in [0.29, 0.717) is 12.8 Å². The molecule has 2 bridgehead atoms. The van der Waals surface area contributed by atoms with Crippen molar-refractivity contribution >= 4 is 23.9 Å². The Kier molecular flexibility index (Phi) is 1.42. The molecular weight excluding hydrogens is 240 g/mol. The Morgan fingerprint density at radius 1 is 1.06 bits per heavy atom. The summed E-state index contributed by atoms with van der Waals surface area (Å²) in [5.74, 6) is -4.44. The molecule has 2 aliphatic heterocycles. The summed E-state index contributed by atoms with van der Waals surface area (Å²) in [6.45, 7) is 0. The summed E-state index contributed by atoms with van der Waals surface area (Å²) in [6.07, 6.45) is 4.21. The molecule has 0 radical (unpaired) electrons. The number of fused-ring (bicyclic) bond motifs is 1. The van der Waals surface area contributed by atoms with E-state index in [4.69, 9.17) is 0 Å². The fourth-order valence-electron chi connectivity index (χ4n) is 3.94. The van der Waals surface area contributed by atoms with Gasteiger partial charge >= 0.3 is 23.9 Å². The zero-order valence-electron chi connectivity index (χ0n) is 9.17. The van der Waals surface area contributed by atoms with Crippen molar-refractivity contribution in [2.45, 2.75) is 12.8 Å². The lowest BCUT2D eigenvalue weighted by Crippen LogP contribution is -2.58. The molecule has 1 saturated carbocycles. The maximum atomic E-state index is 12.0. The molecule has 6 heteroatoms. The fraction of sp³-hybridized carbons (Fsp3) is 0.500. The molecule has 4 unspecified atom stereocenters. The molecule has 2 saturated heterocycles. The minimum atomic E-state index is -1.75. The van der Waals surface area contributed by atoms with Crippen LogP contribution < -0.4 is 0 Å². The molecule has 2 spiro atoms. The highest BCUT2D eigenvalue weighted by molar-refractivity contribution is 6.21. The van der Waals surface area contributed by atoms with Crippen LogP contribution in [0.5, 0.6) is 0 Å². The first-order valence-corrected chi connectivity index (χ1v) is 5.76. The summed E-state index contributed by atoms with van der Waals surface area (Å²) in [4.78, 5) is 47.8. The number of cyclic esters (lactones) is 4. The number of carbonyl (C=O) groups excluding carboxylic acids is 4. The molecule has 5 rings (SSSR count). The van der Waals surface area contributed by atoms with Gasteiger partial charge in [0.25, 0.3) is 0 Å². The summed E-state index contributed by atoms with van der Waals surface area (Å²) in [7, 11) is 0. The lowest BCUT2D eigenvalue weighted by Gasteiger charge is -2.46. The zero-order valence-corrected chi connectivity index (χ0v) is 9.17. The molecule has 3 aliphatic carbocycles. The number of ether oxygens (including phenoxy) is 2. The fourth-order valence-corrected chi connectivity index (χ4v) is 3.94. The highest BCUT2D eigenvalue weighted by atomic mass is 16.6. The zero-order chi connectivity index (χ0) is 12.7. The van der Waals surface area contributed by atoms with E-state index in [1.54, 1.807) is 12.2 Å². The SMILES string of the molecule is O=C1OC(=O)C23C(=O)OC(=O)C24C=CC(CC4)C13. The largest absolute Gasteiger partial charge is 0.392 e. The van der Waals surface area contributed by atoms with Crippen molar-refractivity contribution in [3.63, 3.8) is 0 Å². The topological polar surface area (TPSA) is 86.7 Å². The highest BCUT2D eigenvalue weighted by Crippen LogP contribution is 2.67. The Bertz CT molecular complexity index is 565. The first-order valence-electron chi connectivity index (χ1n) is 5.76. The predicted molar refractivity (Wildman–Crippen MR) is 52.4 cm³/mol. The Morgan fingerprint density at radius 2 is 1.78 bits per heavy atom. The van der Waals surface area contributed by atoms with E-state index < -0.39 is 40.6 Å². The van der Waals surface area contributed by atoms with Gasteiger partial charge in [0.15, 0.2) is 5.41 Å². The van der Waals surface area contributed by atoms with Crippen molar-refractivity contribution in [3.05, 3.63) is 12.2 Å². The molecule has 18 heavy (non-hydrogen) atoms. The van der Waals surface area contributed by atoms with Gasteiger partial charge in [0, 0.05) is 0 Å². The maximum Gasteiger partial charge on any atom is 0.333 e. The predicted octanol–water partition coefficient (Wildman–Crippen LogP) is -0.278. The third-order valence-electron chi connectivity index (χ3n) is 4.74. The van der Waals surface area contributed by atoms with Gasteiger partial charge in [0.1, 0.15) is 5.41 Å². The minimum Gasteiger partial charge on any atom is -0.392 e. The number of hydrogen-bond donors (Lipinski definition) is 0. The summed E-state index contributed by atoms with van der Waals surface area (Å²) in [5.41, 5.74) is -3.08. The van der Waals surface area contributed by atoms with Gasteiger partial charge in [0.2, 0.25) is 0 Å². The van der Waals surface area contributed by atoms with Crippen molar-refractivity contribution in [2.75, 3.05) is 0 Å². The standard InChI is InChI=1S/C12H8O6/c13-7-6-5-1-3-11(4-2-5)8(14)18-10(16)12(6,11)9(15)17-7/h1,3,5-6H,2,4H2. The van der Waals surface area contributed by atoms with Gasteiger partial charge < -0.3 is 9.47 Å². The van der Waals surface area contributed by atoms with Crippen LogP contribution in [-0.2, 0) is 28.7 Å². The van der Waals surface area contributed by atoms with E-state index in [-0.39, 0.29) is 5.92 Å². The second-order valence-electron chi connectivity index (χ2n) is 5.20. The van der Waals surface area contributed by atoms with Crippen LogP contribution in [0.4, 0.5) is 0 Å². The molecule has 0 aromatic heterocycles. The third-order valence-corrected chi connectivity index (χ3v) is 4.74. The molecule has 92 valence electrons. The summed E-state index contributed by atoms with van der Waals surface area (Å²) >= 11 is 0. The first-order chi connectivity index (χ1) is 8.54. The number of carbonyl (C=O) groups is 4. The van der Waals surface area contributed by atoms with E-state index in [1.807, 2.05) is 0 Å². The van der Waals surface area contributed by atoms with Gasteiger partial charge in [-0.1, -0.05) is 12.2 Å². The van der Waals surface area contributed by atoms with Gasteiger partial charge in [0.05, 0.1) is 5.92 Å². The van der Waals surface area contributed by atoms with Gasteiger partial charge in [-0.05, 0) is 18.8 Å². The van der Waals surface area contributed by atoms with Gasteiger partial charge in [-0.25, -0.2) is 0 Å². The average Bonchev–Trinajstić information content (AvgIpc) is 2.76. The van der Waals surface area contributed by atoms with E-state index in [1.165, 1.54) is 0 Å². The molecule has 6 nitrogen and oxygen atoms in total. The second kappa shape index (κ2) is 2.55. The quantitative estimate of drug-likeness (QED) is 0.333. The Morgan fingerprint density at radius 3 is 2.44 bits per heavy atom. The lowest BCUT2D eigenvalue weighted by molar-refractivity contribution is -0.163. The monoisotopic (exact) mass is 248 g/mol. The smallest absolute Gasteiger partial charge is 0.333 e. The van der Waals surface area contributed by atoms with Crippen LogP contribution in [0.3, 0.4) is 0 Å². The number of esters is 4. The van der Waals surface area contributed by atoms with Crippen LogP contribution in [0, 0.1) is 22.7 Å². The van der Waals surface area contributed by atoms with Crippen LogP contribution in [-0.4, -0.2) is 23.9 Å². The molecule has 2 heterocycles. The van der Waals surface area contributed by atoms with E-state index >= 15 is 0 Å². The van der Waals surface area contributed by atoms with Crippen molar-refractivity contribution in [2.24, 2.45) is 22.7 Å². The number of hydrogen-bond acceptors (Lipinski definition) is 6. The average molecular weight is 248 g/mol. The van der Waals surface area contributed by atoms with Crippen molar-refractivity contribution in [1.82, 2.24) is 0 Å². The molecule has 5 aliphatic rings. The number of rotatable bonds is 0. The van der Waals surface area contributed by atoms with Crippen LogP contribution in [0.15, 0.2) is 12.2 Å². The van der Waals surface area contributed by atoms with Crippen molar-refractivity contribution in [3.8, 4) is 0 Å². The second-order valence-corrected chi connectivity index (χ2v) is 5.20. The van der Waals surface area contributed by atoms with E-state index in [9.17, 15) is 19.2 Å². The maximum absolute atomic E-state index is 12.0. The molecule has 0 aromatic carbocycles. The summed E-state index contributed by atoms with van der Waals surface area (Å²) in [6, 6.07) is 0. The van der Waals surface area contributed by atoms with Crippen LogP contribution in [0.1, 0.15) is 12.8 Å². The highest BCUT2D eigenvalue weighted by Gasteiger charge is 2.83. The Labute approximate surface area is 101 Å². The van der Waals surface area contributed by atoms with Crippen LogP contribution in [0.2, 0.25) is 0 Å². The molecular formula is C12H8O6.